The first-order valence-corrected chi connectivity index (χ1v) is 9.66. The van der Waals surface area contributed by atoms with E-state index in [0.29, 0.717) is 34.4 Å². The number of hydrogen-bond acceptors (Lipinski definition) is 7. The van der Waals surface area contributed by atoms with Crippen molar-refractivity contribution in [2.75, 3.05) is 17.2 Å². The summed E-state index contributed by atoms with van der Waals surface area (Å²) in [6.45, 7) is 5.84. The second kappa shape index (κ2) is 7.46. The number of fused-ring (bicyclic) bond motifs is 2. The normalized spacial score (nSPS) is 13.0. The van der Waals surface area contributed by atoms with Gasteiger partial charge in [0.2, 0.25) is 0 Å². The molecule has 0 saturated carbocycles. The first-order valence-electron chi connectivity index (χ1n) is 9.28. The van der Waals surface area contributed by atoms with Gasteiger partial charge in [0.1, 0.15) is 17.7 Å². The van der Waals surface area contributed by atoms with E-state index in [-0.39, 0.29) is 6.04 Å². The summed E-state index contributed by atoms with van der Waals surface area (Å²) in [5.74, 6) is 1.31. The minimum absolute atomic E-state index is 0.142. The van der Waals surface area contributed by atoms with Crippen LogP contribution in [-0.2, 0) is 0 Å². The van der Waals surface area contributed by atoms with Crippen LogP contribution < -0.4 is 10.6 Å². The molecule has 1 atom stereocenters. The fourth-order valence-electron chi connectivity index (χ4n) is 3.11. The van der Waals surface area contributed by atoms with E-state index in [1.807, 2.05) is 31.2 Å². The molecule has 3 aromatic heterocycles. The van der Waals surface area contributed by atoms with Crippen LogP contribution in [0.5, 0.6) is 0 Å². The average molecular weight is 412 g/mol. The Bertz CT molecular complexity index is 1170. The highest BCUT2D eigenvalue weighted by Gasteiger charge is 2.19. The predicted octanol–water partition coefficient (Wildman–Crippen LogP) is 3.91. The molecule has 0 aliphatic carbocycles. The van der Waals surface area contributed by atoms with E-state index in [9.17, 15) is 5.11 Å². The third kappa shape index (κ3) is 4.08. The van der Waals surface area contributed by atoms with Gasteiger partial charge < -0.3 is 20.7 Å². The molecular formula is C20H22ClN7O. The topological polar surface area (TPSA) is 112 Å². The van der Waals surface area contributed by atoms with E-state index in [2.05, 4.69) is 30.6 Å². The van der Waals surface area contributed by atoms with Crippen molar-refractivity contribution in [1.29, 1.82) is 0 Å². The van der Waals surface area contributed by atoms with Crippen molar-refractivity contribution in [1.82, 2.24) is 24.9 Å². The molecule has 0 bridgehead atoms. The van der Waals surface area contributed by atoms with E-state index in [4.69, 9.17) is 16.6 Å². The molecule has 9 heteroatoms. The van der Waals surface area contributed by atoms with E-state index < -0.39 is 5.60 Å². The van der Waals surface area contributed by atoms with E-state index in [1.54, 1.807) is 20.2 Å². The number of rotatable bonds is 6. The van der Waals surface area contributed by atoms with Gasteiger partial charge in [-0.25, -0.2) is 19.9 Å². The average Bonchev–Trinajstić information content (AvgIpc) is 3.15. The van der Waals surface area contributed by atoms with Crippen molar-refractivity contribution < 1.29 is 5.11 Å². The van der Waals surface area contributed by atoms with Crippen LogP contribution in [-0.4, -0.2) is 42.2 Å². The molecule has 0 spiro atoms. The number of para-hydroxylation sites is 1. The monoisotopic (exact) mass is 411 g/mol. The molecule has 0 aliphatic heterocycles. The van der Waals surface area contributed by atoms with Gasteiger partial charge in [-0.3, -0.25) is 0 Å². The number of nitrogens with one attached hydrogen (secondary N) is 3. The van der Waals surface area contributed by atoms with Crippen LogP contribution >= 0.6 is 11.6 Å². The lowest BCUT2D eigenvalue weighted by molar-refractivity contribution is 0.0944. The first-order chi connectivity index (χ1) is 13.8. The van der Waals surface area contributed by atoms with Gasteiger partial charge in [-0.15, -0.1) is 0 Å². The van der Waals surface area contributed by atoms with Gasteiger partial charge in [-0.1, -0.05) is 23.7 Å². The van der Waals surface area contributed by atoms with Crippen LogP contribution in [0.25, 0.3) is 22.1 Å². The number of H-pyrrole nitrogens is 1. The zero-order chi connectivity index (χ0) is 20.6. The Balaban J connectivity index is 1.74. The molecule has 0 aliphatic rings. The van der Waals surface area contributed by atoms with Crippen LogP contribution in [0.3, 0.4) is 0 Å². The molecule has 3 heterocycles. The summed E-state index contributed by atoms with van der Waals surface area (Å²) in [4.78, 5) is 20.5. The maximum absolute atomic E-state index is 10.1. The summed E-state index contributed by atoms with van der Waals surface area (Å²) in [6, 6.07) is 7.59. The largest absolute Gasteiger partial charge is 0.389 e. The Hall–Kier alpha value is -2.97. The smallest absolute Gasteiger partial charge is 0.182 e. The molecule has 1 aromatic carbocycles. The van der Waals surface area contributed by atoms with E-state index in [1.165, 1.54) is 6.33 Å². The summed E-state index contributed by atoms with van der Waals surface area (Å²) < 4.78 is 0. The summed E-state index contributed by atoms with van der Waals surface area (Å²) >= 11 is 6.35. The van der Waals surface area contributed by atoms with Crippen LogP contribution in [0.1, 0.15) is 32.4 Å². The Labute approximate surface area is 172 Å². The fourth-order valence-corrected chi connectivity index (χ4v) is 3.33. The van der Waals surface area contributed by atoms with E-state index in [0.717, 1.165) is 16.5 Å². The van der Waals surface area contributed by atoms with Crippen molar-refractivity contribution >= 4 is 45.3 Å². The molecular weight excluding hydrogens is 390 g/mol. The minimum atomic E-state index is -0.889. The van der Waals surface area contributed by atoms with Crippen LogP contribution in [0.2, 0.25) is 5.02 Å². The molecule has 150 valence electrons. The molecule has 0 saturated heterocycles. The first kappa shape index (κ1) is 19.4. The van der Waals surface area contributed by atoms with E-state index >= 15 is 0 Å². The van der Waals surface area contributed by atoms with Crippen molar-refractivity contribution in [3.63, 3.8) is 0 Å². The quantitative estimate of drug-likeness (QED) is 0.380. The zero-order valence-corrected chi connectivity index (χ0v) is 17.1. The van der Waals surface area contributed by atoms with Gasteiger partial charge in [0.15, 0.2) is 11.5 Å². The Morgan fingerprint density at radius 2 is 2.03 bits per heavy atom. The highest BCUT2D eigenvalue weighted by atomic mass is 35.5. The minimum Gasteiger partial charge on any atom is -0.389 e. The molecule has 0 amide bonds. The number of nitrogens with zero attached hydrogens (tertiary/aromatic N) is 4. The summed E-state index contributed by atoms with van der Waals surface area (Å²) in [5.41, 5.74) is 2.08. The standard InChI is InChI=1S/C20H22ClN7O/c1-11(27-19-16-18(24-9-23-16)25-10-26-19)13-7-12-5-4-6-14(21)15(12)28-17(13)22-8-20(2,3)29/h4-7,9-11,29H,8H2,1-3H3,(H,22,28)(H2,23,24,25,26,27). The summed E-state index contributed by atoms with van der Waals surface area (Å²) in [7, 11) is 0. The maximum atomic E-state index is 10.1. The van der Waals surface area contributed by atoms with Crippen molar-refractivity contribution in [2.45, 2.75) is 32.4 Å². The lowest BCUT2D eigenvalue weighted by atomic mass is 10.0. The molecule has 4 N–H and O–H groups in total. The predicted molar refractivity (Wildman–Crippen MR) is 115 cm³/mol. The van der Waals surface area contributed by atoms with Gasteiger partial charge in [0.05, 0.1) is 28.5 Å². The van der Waals surface area contributed by atoms with Gasteiger partial charge in [-0.05, 0) is 32.9 Å². The maximum Gasteiger partial charge on any atom is 0.182 e. The molecule has 0 radical (unpaired) electrons. The molecule has 1 unspecified atom stereocenters. The van der Waals surface area contributed by atoms with Crippen molar-refractivity contribution in [2.24, 2.45) is 0 Å². The van der Waals surface area contributed by atoms with Crippen LogP contribution in [0.4, 0.5) is 11.6 Å². The summed E-state index contributed by atoms with van der Waals surface area (Å²) in [6.07, 6.45) is 3.06. The van der Waals surface area contributed by atoms with Crippen LogP contribution in [0, 0.1) is 0 Å². The van der Waals surface area contributed by atoms with Crippen molar-refractivity contribution in [3.8, 4) is 0 Å². The highest BCUT2D eigenvalue weighted by molar-refractivity contribution is 6.35. The SMILES string of the molecule is CC(Nc1ncnc2nc[nH]c12)c1cc2cccc(Cl)c2nc1NCC(C)(C)O. The number of halogens is 1. The lowest BCUT2D eigenvalue weighted by Gasteiger charge is -2.23. The summed E-state index contributed by atoms with van der Waals surface area (Å²) in [5, 5.41) is 18.3. The number of aromatic nitrogens is 5. The highest BCUT2D eigenvalue weighted by Crippen LogP contribution is 2.31. The Morgan fingerprint density at radius 1 is 1.21 bits per heavy atom. The molecule has 0 fully saturated rings. The zero-order valence-electron chi connectivity index (χ0n) is 16.4. The number of pyridine rings is 1. The number of aromatic amines is 1. The third-order valence-electron chi connectivity index (χ3n) is 4.56. The Kier molecular flexibility index (Phi) is 4.97. The second-order valence-corrected chi connectivity index (χ2v) is 8.00. The van der Waals surface area contributed by atoms with Crippen molar-refractivity contribution in [3.05, 3.63) is 47.5 Å². The molecule has 4 rings (SSSR count). The number of benzene rings is 1. The molecule has 8 nitrogen and oxygen atoms in total. The third-order valence-corrected chi connectivity index (χ3v) is 4.86. The second-order valence-electron chi connectivity index (χ2n) is 7.59. The number of aliphatic hydroxyl groups is 1. The number of imidazole rings is 1. The molecule has 29 heavy (non-hydrogen) atoms. The fraction of sp³-hybridized carbons (Fsp3) is 0.300. The Morgan fingerprint density at radius 3 is 2.83 bits per heavy atom. The van der Waals surface area contributed by atoms with Gasteiger partial charge in [0, 0.05) is 17.5 Å². The number of hydrogen-bond donors (Lipinski definition) is 4. The van der Waals surface area contributed by atoms with Gasteiger partial charge in [0.25, 0.3) is 0 Å². The van der Waals surface area contributed by atoms with Crippen LogP contribution in [0.15, 0.2) is 36.9 Å². The van der Waals surface area contributed by atoms with Gasteiger partial charge >= 0.3 is 0 Å². The lowest BCUT2D eigenvalue weighted by Crippen LogP contribution is -2.30. The number of anilines is 2. The van der Waals surface area contributed by atoms with Gasteiger partial charge in [-0.2, -0.15) is 0 Å². The molecule has 4 aromatic rings.